The number of ether oxygens (including phenoxy) is 2. The van der Waals surface area contributed by atoms with Crippen molar-refractivity contribution in [3.8, 4) is 0 Å². The van der Waals surface area contributed by atoms with Gasteiger partial charge in [0.1, 0.15) is 11.9 Å². The van der Waals surface area contributed by atoms with Crippen LogP contribution in [0, 0.1) is 5.82 Å². The Morgan fingerprint density at radius 2 is 1.93 bits per heavy atom. The van der Waals surface area contributed by atoms with Crippen LogP contribution in [0.4, 0.5) is 4.39 Å². The first-order chi connectivity index (χ1) is 7.10. The summed E-state index contributed by atoms with van der Waals surface area (Å²) in [5.74, 6) is -0.589. The molecule has 1 N–H and O–H groups in total. The zero-order valence-corrected chi connectivity index (χ0v) is 9.16. The van der Waals surface area contributed by atoms with Crippen LogP contribution in [-0.4, -0.2) is 25.6 Å². The molecule has 0 aliphatic heterocycles. The summed E-state index contributed by atoms with van der Waals surface area (Å²) in [5.41, 5.74) is 0.0908. The van der Waals surface area contributed by atoms with E-state index < -0.39 is 18.2 Å². The van der Waals surface area contributed by atoms with Crippen molar-refractivity contribution in [1.82, 2.24) is 0 Å². The van der Waals surface area contributed by atoms with Crippen molar-refractivity contribution >= 4 is 11.6 Å². The summed E-state index contributed by atoms with van der Waals surface area (Å²) in [6.07, 6.45) is -2.09. The normalized spacial score (nSPS) is 13.2. The molecule has 0 saturated carbocycles. The van der Waals surface area contributed by atoms with Crippen molar-refractivity contribution in [2.45, 2.75) is 12.4 Å². The number of benzene rings is 1. The van der Waals surface area contributed by atoms with Gasteiger partial charge in [-0.3, -0.25) is 0 Å². The molecule has 0 bridgehead atoms. The maximum Gasteiger partial charge on any atom is 0.187 e. The molecule has 1 aromatic carbocycles. The second kappa shape index (κ2) is 5.42. The van der Waals surface area contributed by atoms with Crippen LogP contribution < -0.4 is 0 Å². The number of aliphatic hydroxyl groups excluding tert-OH is 1. The Hall–Kier alpha value is -0.680. The highest BCUT2D eigenvalue weighted by molar-refractivity contribution is 6.30. The Morgan fingerprint density at radius 1 is 1.33 bits per heavy atom. The van der Waals surface area contributed by atoms with Crippen LogP contribution in [0.5, 0.6) is 0 Å². The molecule has 1 unspecified atom stereocenters. The van der Waals surface area contributed by atoms with E-state index in [1.165, 1.54) is 26.4 Å². The Kier molecular flexibility index (Phi) is 4.47. The first kappa shape index (κ1) is 12.4. The number of hydrogen-bond donors (Lipinski definition) is 1. The maximum absolute atomic E-state index is 13.4. The SMILES string of the molecule is COC(OC)C(O)c1ccc(Cl)cc1F. The van der Waals surface area contributed by atoms with E-state index in [1.54, 1.807) is 0 Å². The molecule has 1 rings (SSSR count). The summed E-state index contributed by atoms with van der Waals surface area (Å²) >= 11 is 5.58. The van der Waals surface area contributed by atoms with E-state index in [4.69, 9.17) is 21.1 Å². The zero-order chi connectivity index (χ0) is 11.4. The molecule has 0 spiro atoms. The van der Waals surface area contributed by atoms with Crippen molar-refractivity contribution in [3.05, 3.63) is 34.6 Å². The quantitative estimate of drug-likeness (QED) is 0.812. The van der Waals surface area contributed by atoms with Crippen LogP contribution in [0.2, 0.25) is 5.02 Å². The maximum atomic E-state index is 13.4. The van der Waals surface area contributed by atoms with E-state index in [9.17, 15) is 9.50 Å². The van der Waals surface area contributed by atoms with Gasteiger partial charge in [-0.1, -0.05) is 17.7 Å². The lowest BCUT2D eigenvalue weighted by Gasteiger charge is -2.20. The lowest BCUT2D eigenvalue weighted by atomic mass is 10.1. The van der Waals surface area contributed by atoms with E-state index in [1.807, 2.05) is 0 Å². The fourth-order valence-corrected chi connectivity index (χ4v) is 1.40. The minimum absolute atomic E-state index is 0.0908. The highest BCUT2D eigenvalue weighted by Gasteiger charge is 2.22. The number of hydrogen-bond acceptors (Lipinski definition) is 3. The summed E-state index contributed by atoms with van der Waals surface area (Å²) in [5, 5.41) is 9.99. The lowest BCUT2D eigenvalue weighted by molar-refractivity contribution is -0.166. The molecule has 0 amide bonds. The van der Waals surface area contributed by atoms with E-state index in [0.29, 0.717) is 0 Å². The van der Waals surface area contributed by atoms with Gasteiger partial charge >= 0.3 is 0 Å². The molecule has 0 heterocycles. The lowest BCUT2D eigenvalue weighted by Crippen LogP contribution is -2.23. The van der Waals surface area contributed by atoms with Crippen LogP contribution in [0.1, 0.15) is 11.7 Å². The zero-order valence-electron chi connectivity index (χ0n) is 8.41. The van der Waals surface area contributed by atoms with Gasteiger partial charge in [0.05, 0.1) is 0 Å². The van der Waals surface area contributed by atoms with Crippen LogP contribution >= 0.6 is 11.6 Å². The van der Waals surface area contributed by atoms with E-state index >= 15 is 0 Å². The second-order valence-corrected chi connectivity index (χ2v) is 3.39. The topological polar surface area (TPSA) is 38.7 Å². The standard InChI is InChI=1S/C10H12ClFO3/c1-14-10(15-2)9(13)7-4-3-6(11)5-8(7)12/h3-5,9-10,13H,1-2H3. The third-order valence-corrected chi connectivity index (χ3v) is 2.24. The smallest absolute Gasteiger partial charge is 0.187 e. The molecule has 0 aliphatic carbocycles. The molecule has 0 fully saturated rings. The molecular weight excluding hydrogens is 223 g/mol. The van der Waals surface area contributed by atoms with Crippen molar-refractivity contribution in [2.75, 3.05) is 14.2 Å². The molecule has 0 aliphatic rings. The van der Waals surface area contributed by atoms with Gasteiger partial charge < -0.3 is 14.6 Å². The van der Waals surface area contributed by atoms with Gasteiger partial charge in [-0.15, -0.1) is 0 Å². The molecule has 15 heavy (non-hydrogen) atoms. The van der Waals surface area contributed by atoms with Crippen LogP contribution in [-0.2, 0) is 9.47 Å². The first-order valence-electron chi connectivity index (χ1n) is 4.28. The summed E-state index contributed by atoms with van der Waals surface area (Å²) in [4.78, 5) is 0. The Bertz CT molecular complexity index is 328. The van der Waals surface area contributed by atoms with Gasteiger partial charge in [-0.2, -0.15) is 0 Å². The first-order valence-corrected chi connectivity index (χ1v) is 4.66. The Balaban J connectivity index is 2.94. The number of halogens is 2. The molecule has 1 atom stereocenters. The van der Waals surface area contributed by atoms with Crippen LogP contribution in [0.3, 0.4) is 0 Å². The largest absolute Gasteiger partial charge is 0.383 e. The summed E-state index contributed by atoms with van der Waals surface area (Å²) in [7, 11) is 2.73. The summed E-state index contributed by atoms with van der Waals surface area (Å²) < 4.78 is 23.0. The fraction of sp³-hybridized carbons (Fsp3) is 0.400. The fourth-order valence-electron chi connectivity index (χ4n) is 1.24. The highest BCUT2D eigenvalue weighted by Crippen LogP contribution is 2.24. The van der Waals surface area contributed by atoms with E-state index in [2.05, 4.69) is 0 Å². The Labute approximate surface area is 92.4 Å². The Morgan fingerprint density at radius 3 is 2.40 bits per heavy atom. The molecule has 0 saturated heterocycles. The summed E-state index contributed by atoms with van der Waals surface area (Å²) in [6.45, 7) is 0. The minimum Gasteiger partial charge on any atom is -0.383 e. The van der Waals surface area contributed by atoms with Gasteiger partial charge in [0.15, 0.2) is 6.29 Å². The van der Waals surface area contributed by atoms with Gasteiger partial charge in [0.25, 0.3) is 0 Å². The van der Waals surface area contributed by atoms with Gasteiger partial charge in [0.2, 0.25) is 0 Å². The monoisotopic (exact) mass is 234 g/mol. The van der Waals surface area contributed by atoms with Crippen molar-refractivity contribution in [2.24, 2.45) is 0 Å². The minimum atomic E-state index is -1.18. The van der Waals surface area contributed by atoms with Gasteiger partial charge in [-0.05, 0) is 12.1 Å². The molecule has 0 aromatic heterocycles. The number of methoxy groups -OCH3 is 2. The molecule has 0 radical (unpaired) electrons. The van der Waals surface area contributed by atoms with Gasteiger partial charge in [-0.25, -0.2) is 4.39 Å². The van der Waals surface area contributed by atoms with Gasteiger partial charge in [0, 0.05) is 24.8 Å². The predicted octanol–water partition coefficient (Wildman–Crippen LogP) is 2.13. The second-order valence-electron chi connectivity index (χ2n) is 2.95. The molecule has 5 heteroatoms. The predicted molar refractivity (Wildman–Crippen MR) is 54.2 cm³/mol. The third kappa shape index (κ3) is 2.89. The van der Waals surface area contributed by atoms with Crippen LogP contribution in [0.25, 0.3) is 0 Å². The number of rotatable bonds is 4. The van der Waals surface area contributed by atoms with Crippen molar-refractivity contribution in [1.29, 1.82) is 0 Å². The number of aliphatic hydroxyl groups is 1. The van der Waals surface area contributed by atoms with E-state index in [-0.39, 0.29) is 10.6 Å². The average molecular weight is 235 g/mol. The molecular formula is C10H12ClFO3. The molecule has 1 aromatic rings. The van der Waals surface area contributed by atoms with Crippen LogP contribution in [0.15, 0.2) is 18.2 Å². The molecule has 84 valence electrons. The highest BCUT2D eigenvalue weighted by atomic mass is 35.5. The van der Waals surface area contributed by atoms with Crippen molar-refractivity contribution < 1.29 is 19.0 Å². The van der Waals surface area contributed by atoms with E-state index in [0.717, 1.165) is 6.07 Å². The third-order valence-electron chi connectivity index (χ3n) is 2.00. The van der Waals surface area contributed by atoms with Crippen molar-refractivity contribution in [3.63, 3.8) is 0 Å². The summed E-state index contributed by atoms with van der Waals surface area (Å²) in [6, 6.07) is 4.02. The average Bonchev–Trinajstić information content (AvgIpc) is 2.19. The molecule has 3 nitrogen and oxygen atoms in total.